The van der Waals surface area contributed by atoms with Crippen molar-refractivity contribution in [2.24, 2.45) is 0 Å². The Hall–Kier alpha value is -3.16. The van der Waals surface area contributed by atoms with Crippen LogP contribution in [0, 0.1) is 0 Å². The van der Waals surface area contributed by atoms with Crippen LogP contribution >= 0.6 is 0 Å². The number of aliphatic carboxylic acids is 1. The SMILES string of the molecule is COc1ccc(C(CC(=O)O)NC(=O)c2cnccn2)c(OC)c1. The van der Waals surface area contributed by atoms with Gasteiger partial charge in [0.1, 0.15) is 17.2 Å². The second-order valence-electron chi connectivity index (χ2n) is 4.82. The minimum atomic E-state index is -1.06. The van der Waals surface area contributed by atoms with Crippen LogP contribution in [-0.2, 0) is 4.79 Å². The van der Waals surface area contributed by atoms with E-state index in [2.05, 4.69) is 15.3 Å². The molecule has 2 N–H and O–H groups in total. The molecule has 1 amide bonds. The standard InChI is InChI=1S/C16H17N3O5/c1-23-10-3-4-11(14(7-10)24-2)12(8-15(20)21)19-16(22)13-9-17-5-6-18-13/h3-7,9,12H,8H2,1-2H3,(H,19,22)(H,20,21). The van der Waals surface area contributed by atoms with Crippen molar-refractivity contribution in [2.45, 2.75) is 12.5 Å². The molecule has 0 radical (unpaired) electrons. The van der Waals surface area contributed by atoms with E-state index in [9.17, 15) is 9.59 Å². The molecule has 0 aliphatic heterocycles. The van der Waals surface area contributed by atoms with Gasteiger partial charge in [0.05, 0.1) is 32.9 Å². The first kappa shape index (κ1) is 17.2. The summed E-state index contributed by atoms with van der Waals surface area (Å²) < 4.78 is 10.4. The second-order valence-corrected chi connectivity index (χ2v) is 4.82. The summed E-state index contributed by atoms with van der Waals surface area (Å²) >= 11 is 0. The molecule has 8 nitrogen and oxygen atoms in total. The van der Waals surface area contributed by atoms with Crippen molar-refractivity contribution in [2.75, 3.05) is 14.2 Å². The van der Waals surface area contributed by atoms with Gasteiger partial charge in [-0.25, -0.2) is 4.98 Å². The topological polar surface area (TPSA) is 111 Å². The van der Waals surface area contributed by atoms with Crippen LogP contribution in [0.5, 0.6) is 11.5 Å². The van der Waals surface area contributed by atoms with Gasteiger partial charge in [0.15, 0.2) is 0 Å². The molecule has 0 aliphatic carbocycles. The molecule has 1 atom stereocenters. The first-order valence-corrected chi connectivity index (χ1v) is 7.05. The zero-order valence-electron chi connectivity index (χ0n) is 13.2. The summed E-state index contributed by atoms with van der Waals surface area (Å²) in [5, 5.41) is 11.8. The third-order valence-electron chi connectivity index (χ3n) is 3.30. The molecular weight excluding hydrogens is 314 g/mol. The van der Waals surface area contributed by atoms with Crippen molar-refractivity contribution in [1.29, 1.82) is 0 Å². The van der Waals surface area contributed by atoms with E-state index in [0.29, 0.717) is 17.1 Å². The Morgan fingerprint density at radius 1 is 1.25 bits per heavy atom. The van der Waals surface area contributed by atoms with Gasteiger partial charge in [-0.1, -0.05) is 0 Å². The lowest BCUT2D eigenvalue weighted by atomic mass is 10.0. The highest BCUT2D eigenvalue weighted by Gasteiger charge is 2.23. The maximum Gasteiger partial charge on any atom is 0.305 e. The van der Waals surface area contributed by atoms with Crippen molar-refractivity contribution >= 4 is 11.9 Å². The lowest BCUT2D eigenvalue weighted by Gasteiger charge is -2.20. The number of rotatable bonds is 7. The van der Waals surface area contributed by atoms with Gasteiger partial charge < -0.3 is 19.9 Å². The molecule has 0 aliphatic rings. The zero-order valence-corrected chi connectivity index (χ0v) is 13.2. The molecule has 24 heavy (non-hydrogen) atoms. The number of carboxylic acids is 1. The summed E-state index contributed by atoms with van der Waals surface area (Å²) in [5.74, 6) is -0.602. The number of hydrogen-bond donors (Lipinski definition) is 2. The molecule has 2 rings (SSSR count). The quantitative estimate of drug-likeness (QED) is 0.789. The van der Waals surface area contributed by atoms with Crippen molar-refractivity contribution in [3.63, 3.8) is 0 Å². The summed E-state index contributed by atoms with van der Waals surface area (Å²) in [6.07, 6.45) is 3.82. The lowest BCUT2D eigenvalue weighted by molar-refractivity contribution is -0.137. The number of carboxylic acid groups (broad SMARTS) is 1. The smallest absolute Gasteiger partial charge is 0.305 e. The number of benzene rings is 1. The number of aromatic nitrogens is 2. The van der Waals surface area contributed by atoms with Gasteiger partial charge in [-0.2, -0.15) is 0 Å². The van der Waals surface area contributed by atoms with E-state index < -0.39 is 17.9 Å². The molecule has 0 saturated carbocycles. The Labute approximate surface area is 138 Å². The number of carbonyl (C=O) groups is 2. The lowest BCUT2D eigenvalue weighted by Crippen LogP contribution is -2.31. The molecule has 1 aromatic heterocycles. The fourth-order valence-corrected chi connectivity index (χ4v) is 2.17. The van der Waals surface area contributed by atoms with Gasteiger partial charge in [-0.05, 0) is 12.1 Å². The number of amides is 1. The summed E-state index contributed by atoms with van der Waals surface area (Å²) in [5.41, 5.74) is 0.623. The van der Waals surface area contributed by atoms with Crippen molar-refractivity contribution < 1.29 is 24.2 Å². The number of methoxy groups -OCH3 is 2. The van der Waals surface area contributed by atoms with E-state index in [1.165, 1.54) is 32.8 Å². The minimum absolute atomic E-state index is 0.0976. The van der Waals surface area contributed by atoms with Crippen LogP contribution in [0.15, 0.2) is 36.8 Å². The summed E-state index contributed by atoms with van der Waals surface area (Å²) in [6, 6.07) is 4.15. The number of nitrogens with zero attached hydrogens (tertiary/aromatic N) is 2. The highest BCUT2D eigenvalue weighted by Crippen LogP contribution is 2.31. The van der Waals surface area contributed by atoms with E-state index in [-0.39, 0.29) is 12.1 Å². The molecule has 0 bridgehead atoms. The molecule has 0 fully saturated rings. The van der Waals surface area contributed by atoms with E-state index in [4.69, 9.17) is 14.6 Å². The van der Waals surface area contributed by atoms with Gasteiger partial charge in [0.25, 0.3) is 5.91 Å². The molecule has 2 aromatic rings. The van der Waals surface area contributed by atoms with Gasteiger partial charge in [-0.3, -0.25) is 14.6 Å². The molecule has 0 spiro atoms. The monoisotopic (exact) mass is 331 g/mol. The van der Waals surface area contributed by atoms with Crippen LogP contribution in [-0.4, -0.2) is 41.2 Å². The maximum absolute atomic E-state index is 12.3. The first-order chi connectivity index (χ1) is 11.5. The molecule has 1 aromatic carbocycles. The van der Waals surface area contributed by atoms with Crippen molar-refractivity contribution in [3.8, 4) is 11.5 Å². The normalized spacial score (nSPS) is 11.4. The molecule has 0 saturated heterocycles. The van der Waals surface area contributed by atoms with E-state index in [1.54, 1.807) is 18.2 Å². The van der Waals surface area contributed by atoms with Gasteiger partial charge in [0, 0.05) is 24.0 Å². The molecule has 8 heteroatoms. The Morgan fingerprint density at radius 2 is 2.04 bits per heavy atom. The second kappa shape index (κ2) is 7.91. The van der Waals surface area contributed by atoms with Crippen LogP contribution < -0.4 is 14.8 Å². The van der Waals surface area contributed by atoms with Gasteiger partial charge in [0.2, 0.25) is 0 Å². The summed E-state index contributed by atoms with van der Waals surface area (Å²) in [6.45, 7) is 0. The van der Waals surface area contributed by atoms with Gasteiger partial charge >= 0.3 is 5.97 Å². The average molecular weight is 331 g/mol. The average Bonchev–Trinajstić information content (AvgIpc) is 2.60. The largest absolute Gasteiger partial charge is 0.497 e. The third kappa shape index (κ3) is 4.19. The first-order valence-electron chi connectivity index (χ1n) is 7.05. The molecule has 1 unspecified atom stereocenters. The highest BCUT2D eigenvalue weighted by molar-refractivity contribution is 5.92. The Kier molecular flexibility index (Phi) is 5.67. The molecule has 126 valence electrons. The van der Waals surface area contributed by atoms with Crippen LogP contribution in [0.3, 0.4) is 0 Å². The van der Waals surface area contributed by atoms with Crippen molar-refractivity contribution in [1.82, 2.24) is 15.3 Å². The molecule has 1 heterocycles. The number of nitrogens with one attached hydrogen (secondary N) is 1. The van der Waals surface area contributed by atoms with Crippen LogP contribution in [0.25, 0.3) is 0 Å². The number of ether oxygens (including phenoxy) is 2. The van der Waals surface area contributed by atoms with Crippen LogP contribution in [0.4, 0.5) is 0 Å². The van der Waals surface area contributed by atoms with Crippen LogP contribution in [0.1, 0.15) is 28.5 Å². The Morgan fingerprint density at radius 3 is 2.62 bits per heavy atom. The van der Waals surface area contributed by atoms with Crippen LogP contribution in [0.2, 0.25) is 0 Å². The minimum Gasteiger partial charge on any atom is -0.497 e. The Balaban J connectivity index is 2.31. The maximum atomic E-state index is 12.3. The predicted molar refractivity (Wildman–Crippen MR) is 84.0 cm³/mol. The van der Waals surface area contributed by atoms with Gasteiger partial charge in [-0.15, -0.1) is 0 Å². The van der Waals surface area contributed by atoms with E-state index in [1.807, 2.05) is 0 Å². The molecular formula is C16H17N3O5. The van der Waals surface area contributed by atoms with E-state index in [0.717, 1.165) is 0 Å². The Bertz CT molecular complexity index is 721. The fraction of sp³-hybridized carbons (Fsp3) is 0.250. The third-order valence-corrected chi connectivity index (χ3v) is 3.30. The number of carbonyl (C=O) groups excluding carboxylic acids is 1. The summed E-state index contributed by atoms with van der Waals surface area (Å²) in [7, 11) is 2.97. The zero-order chi connectivity index (χ0) is 17.5. The highest BCUT2D eigenvalue weighted by atomic mass is 16.5. The fourth-order valence-electron chi connectivity index (χ4n) is 2.17. The summed E-state index contributed by atoms with van der Waals surface area (Å²) in [4.78, 5) is 31.2. The van der Waals surface area contributed by atoms with E-state index >= 15 is 0 Å². The van der Waals surface area contributed by atoms with Crippen molar-refractivity contribution in [3.05, 3.63) is 48.0 Å². The predicted octanol–water partition coefficient (Wildman–Crippen LogP) is 1.44. The number of hydrogen-bond acceptors (Lipinski definition) is 6.